The minimum absolute atomic E-state index is 0.109. The molecule has 2 aromatic rings. The van der Waals surface area contributed by atoms with E-state index in [0.29, 0.717) is 12.2 Å². The van der Waals surface area contributed by atoms with Gasteiger partial charge in [0.1, 0.15) is 11.6 Å². The molecule has 1 aliphatic carbocycles. The number of rotatable bonds is 6. The van der Waals surface area contributed by atoms with Crippen molar-refractivity contribution in [2.24, 2.45) is 7.05 Å². The molecule has 0 atom stereocenters. The fourth-order valence-corrected chi connectivity index (χ4v) is 2.89. The number of hydrogen-bond donors (Lipinski definition) is 1. The van der Waals surface area contributed by atoms with Gasteiger partial charge < -0.3 is 10.1 Å². The van der Waals surface area contributed by atoms with Gasteiger partial charge in [0.15, 0.2) is 0 Å². The zero-order chi connectivity index (χ0) is 16.2. The molecule has 0 saturated carbocycles. The van der Waals surface area contributed by atoms with Gasteiger partial charge in [-0.1, -0.05) is 13.3 Å². The predicted octanol–water partition coefficient (Wildman–Crippen LogP) is 3.34. The van der Waals surface area contributed by atoms with Gasteiger partial charge in [-0.3, -0.25) is 9.48 Å². The standard InChI is InChI=1S/C18H23N3O2/c1-3-4-12-23-14-10-8-13(9-11-14)18(22)19-17-15-6-5-7-16(15)20-21(17)2/h8-11H,3-7,12H2,1-2H3,(H,19,22). The van der Waals surface area contributed by atoms with E-state index in [-0.39, 0.29) is 5.91 Å². The summed E-state index contributed by atoms with van der Waals surface area (Å²) in [7, 11) is 1.87. The predicted molar refractivity (Wildman–Crippen MR) is 90.0 cm³/mol. The van der Waals surface area contributed by atoms with Crippen LogP contribution in [0, 0.1) is 0 Å². The topological polar surface area (TPSA) is 56.1 Å². The summed E-state index contributed by atoms with van der Waals surface area (Å²) in [5.74, 6) is 1.52. The van der Waals surface area contributed by atoms with Gasteiger partial charge in [-0.25, -0.2) is 0 Å². The van der Waals surface area contributed by atoms with Crippen LogP contribution in [-0.2, 0) is 19.9 Å². The van der Waals surface area contributed by atoms with Crippen molar-refractivity contribution in [1.29, 1.82) is 0 Å². The molecule has 0 bridgehead atoms. The van der Waals surface area contributed by atoms with Crippen molar-refractivity contribution in [1.82, 2.24) is 9.78 Å². The smallest absolute Gasteiger partial charge is 0.256 e. The van der Waals surface area contributed by atoms with Crippen LogP contribution in [-0.4, -0.2) is 22.3 Å². The second kappa shape index (κ2) is 6.86. The van der Waals surface area contributed by atoms with Gasteiger partial charge in [0, 0.05) is 18.2 Å². The molecule has 5 nitrogen and oxygen atoms in total. The van der Waals surface area contributed by atoms with Crippen molar-refractivity contribution in [2.75, 3.05) is 11.9 Å². The molecule has 0 spiro atoms. The van der Waals surface area contributed by atoms with Crippen LogP contribution in [0.3, 0.4) is 0 Å². The number of aryl methyl sites for hydroxylation is 2. The van der Waals surface area contributed by atoms with Gasteiger partial charge in [0.2, 0.25) is 0 Å². The molecule has 0 fully saturated rings. The minimum Gasteiger partial charge on any atom is -0.494 e. The van der Waals surface area contributed by atoms with Crippen molar-refractivity contribution in [3.8, 4) is 5.75 Å². The molecule has 1 aromatic heterocycles. The fourth-order valence-electron chi connectivity index (χ4n) is 2.89. The third-order valence-electron chi connectivity index (χ3n) is 4.18. The van der Waals surface area contributed by atoms with Crippen molar-refractivity contribution in [3.63, 3.8) is 0 Å². The van der Waals surface area contributed by atoms with Crippen LogP contribution in [0.25, 0.3) is 0 Å². The van der Waals surface area contributed by atoms with Gasteiger partial charge in [0.25, 0.3) is 5.91 Å². The zero-order valence-electron chi connectivity index (χ0n) is 13.8. The van der Waals surface area contributed by atoms with E-state index in [1.54, 1.807) is 16.8 Å². The number of carbonyl (C=O) groups is 1. The van der Waals surface area contributed by atoms with Crippen molar-refractivity contribution in [3.05, 3.63) is 41.1 Å². The fraction of sp³-hybridized carbons (Fsp3) is 0.444. The Bertz CT molecular complexity index is 689. The lowest BCUT2D eigenvalue weighted by atomic mass is 10.2. The van der Waals surface area contributed by atoms with Gasteiger partial charge in [0.05, 0.1) is 12.3 Å². The Morgan fingerprint density at radius 2 is 2.09 bits per heavy atom. The molecule has 5 heteroatoms. The number of hydrogen-bond acceptors (Lipinski definition) is 3. The molecular weight excluding hydrogens is 290 g/mol. The number of benzene rings is 1. The number of fused-ring (bicyclic) bond motifs is 1. The maximum Gasteiger partial charge on any atom is 0.256 e. The Labute approximate surface area is 136 Å². The third kappa shape index (κ3) is 3.38. The minimum atomic E-state index is -0.109. The Morgan fingerprint density at radius 3 is 2.83 bits per heavy atom. The van der Waals surface area contributed by atoms with E-state index >= 15 is 0 Å². The molecule has 1 N–H and O–H groups in total. The Balaban J connectivity index is 1.67. The lowest BCUT2D eigenvalue weighted by molar-refractivity contribution is 0.102. The quantitative estimate of drug-likeness (QED) is 0.832. The molecule has 3 rings (SSSR count). The maximum atomic E-state index is 12.4. The molecule has 0 aliphatic heterocycles. The number of nitrogens with zero attached hydrogens (tertiary/aromatic N) is 2. The van der Waals surface area contributed by atoms with Gasteiger partial charge in [-0.15, -0.1) is 0 Å². The highest BCUT2D eigenvalue weighted by molar-refractivity contribution is 6.04. The SMILES string of the molecule is CCCCOc1ccc(C(=O)Nc2c3c(nn2C)CCC3)cc1. The largest absolute Gasteiger partial charge is 0.494 e. The van der Waals surface area contributed by atoms with E-state index < -0.39 is 0 Å². The van der Waals surface area contributed by atoms with E-state index in [9.17, 15) is 4.79 Å². The lowest BCUT2D eigenvalue weighted by Gasteiger charge is -2.09. The van der Waals surface area contributed by atoms with Crippen LogP contribution in [0.4, 0.5) is 5.82 Å². The molecule has 1 aromatic carbocycles. The van der Waals surface area contributed by atoms with Crippen LogP contribution in [0.5, 0.6) is 5.75 Å². The van der Waals surface area contributed by atoms with E-state index in [1.807, 2.05) is 19.2 Å². The second-order valence-corrected chi connectivity index (χ2v) is 5.93. The number of unbranched alkanes of at least 4 members (excludes halogenated alkanes) is 1. The molecule has 1 amide bonds. The third-order valence-corrected chi connectivity index (χ3v) is 4.18. The van der Waals surface area contributed by atoms with Gasteiger partial charge in [-0.05, 0) is 49.9 Å². The summed E-state index contributed by atoms with van der Waals surface area (Å²) in [5.41, 5.74) is 2.92. The first-order chi connectivity index (χ1) is 11.2. The highest BCUT2D eigenvalue weighted by atomic mass is 16.5. The summed E-state index contributed by atoms with van der Waals surface area (Å²) >= 11 is 0. The van der Waals surface area contributed by atoms with Crippen LogP contribution in [0.15, 0.2) is 24.3 Å². The van der Waals surface area contributed by atoms with E-state index in [0.717, 1.165) is 49.4 Å². The summed E-state index contributed by atoms with van der Waals surface area (Å²) in [6.07, 6.45) is 5.25. The molecule has 23 heavy (non-hydrogen) atoms. The summed E-state index contributed by atoms with van der Waals surface area (Å²) in [6.45, 7) is 2.84. The van der Waals surface area contributed by atoms with Crippen molar-refractivity contribution in [2.45, 2.75) is 39.0 Å². The molecule has 1 heterocycles. The first-order valence-electron chi connectivity index (χ1n) is 8.28. The average molecular weight is 313 g/mol. The number of aromatic nitrogens is 2. The van der Waals surface area contributed by atoms with Gasteiger partial charge in [-0.2, -0.15) is 5.10 Å². The Morgan fingerprint density at radius 1 is 1.30 bits per heavy atom. The second-order valence-electron chi connectivity index (χ2n) is 5.93. The van der Waals surface area contributed by atoms with E-state index in [2.05, 4.69) is 17.3 Å². The van der Waals surface area contributed by atoms with Crippen LogP contribution >= 0.6 is 0 Å². The number of amides is 1. The summed E-state index contributed by atoms with van der Waals surface area (Å²) in [5, 5.41) is 7.48. The Kier molecular flexibility index (Phi) is 4.65. The normalized spacial score (nSPS) is 13.0. The number of ether oxygens (including phenoxy) is 1. The van der Waals surface area contributed by atoms with Crippen molar-refractivity contribution < 1.29 is 9.53 Å². The molecular formula is C18H23N3O2. The summed E-state index contributed by atoms with van der Waals surface area (Å²) in [6, 6.07) is 7.29. The Hall–Kier alpha value is -2.30. The monoisotopic (exact) mass is 313 g/mol. The zero-order valence-corrected chi connectivity index (χ0v) is 13.8. The molecule has 122 valence electrons. The lowest BCUT2D eigenvalue weighted by Crippen LogP contribution is -2.15. The average Bonchev–Trinajstić information content (AvgIpc) is 3.11. The molecule has 0 saturated heterocycles. The highest BCUT2D eigenvalue weighted by Crippen LogP contribution is 2.28. The van der Waals surface area contributed by atoms with E-state index in [1.165, 1.54) is 5.56 Å². The van der Waals surface area contributed by atoms with Crippen LogP contribution in [0.1, 0.15) is 47.8 Å². The number of anilines is 1. The number of carbonyl (C=O) groups excluding carboxylic acids is 1. The summed E-state index contributed by atoms with van der Waals surface area (Å²) < 4.78 is 7.39. The first-order valence-corrected chi connectivity index (χ1v) is 8.28. The van der Waals surface area contributed by atoms with Crippen molar-refractivity contribution >= 4 is 11.7 Å². The molecule has 1 aliphatic rings. The van der Waals surface area contributed by atoms with Crippen LogP contribution < -0.4 is 10.1 Å². The van der Waals surface area contributed by atoms with Crippen LogP contribution in [0.2, 0.25) is 0 Å². The summed E-state index contributed by atoms with van der Waals surface area (Å²) in [4.78, 5) is 12.4. The maximum absolute atomic E-state index is 12.4. The van der Waals surface area contributed by atoms with E-state index in [4.69, 9.17) is 4.74 Å². The number of nitrogens with one attached hydrogen (secondary N) is 1. The molecule has 0 radical (unpaired) electrons. The van der Waals surface area contributed by atoms with Gasteiger partial charge >= 0.3 is 0 Å². The first kappa shape index (κ1) is 15.6. The highest BCUT2D eigenvalue weighted by Gasteiger charge is 2.22. The molecule has 0 unspecified atom stereocenters.